The SMILES string of the molecule is CCc1cc(S(=O)(=O)[O-])c2c(CC)cccc2c1.[K+]. The maximum absolute atomic E-state index is 11.4. The monoisotopic (exact) mass is 302 g/mol. The van der Waals surface area contributed by atoms with Crippen molar-refractivity contribution in [2.45, 2.75) is 31.6 Å². The summed E-state index contributed by atoms with van der Waals surface area (Å²) >= 11 is 0. The van der Waals surface area contributed by atoms with Gasteiger partial charge in [-0.1, -0.05) is 38.1 Å². The molecule has 0 bridgehead atoms. The summed E-state index contributed by atoms with van der Waals surface area (Å²) < 4.78 is 34.3. The number of rotatable bonds is 3. The largest absolute Gasteiger partial charge is 1.00 e. The van der Waals surface area contributed by atoms with Crippen LogP contribution in [0, 0.1) is 0 Å². The zero-order valence-corrected chi connectivity index (χ0v) is 15.4. The molecule has 0 spiro atoms. The van der Waals surface area contributed by atoms with E-state index in [-0.39, 0.29) is 56.3 Å². The van der Waals surface area contributed by atoms with Gasteiger partial charge in [0, 0.05) is 5.39 Å². The molecule has 2 rings (SSSR count). The van der Waals surface area contributed by atoms with Gasteiger partial charge in [0.1, 0.15) is 10.1 Å². The zero-order chi connectivity index (χ0) is 13.3. The van der Waals surface area contributed by atoms with E-state index in [1.165, 1.54) is 6.07 Å². The van der Waals surface area contributed by atoms with E-state index >= 15 is 0 Å². The average Bonchev–Trinajstić information content (AvgIpc) is 2.35. The fraction of sp³-hybridized carbons (Fsp3) is 0.286. The molecular formula is C14H15KO3S. The van der Waals surface area contributed by atoms with Crippen LogP contribution in [0.5, 0.6) is 0 Å². The first-order valence-electron chi connectivity index (χ1n) is 5.97. The first kappa shape index (κ1) is 17.3. The normalized spacial score (nSPS) is 11.3. The van der Waals surface area contributed by atoms with Crippen molar-refractivity contribution in [3.8, 4) is 0 Å². The van der Waals surface area contributed by atoms with E-state index in [9.17, 15) is 13.0 Å². The predicted octanol–water partition coefficient (Wildman–Crippen LogP) is -0.127. The maximum Gasteiger partial charge on any atom is 1.00 e. The van der Waals surface area contributed by atoms with Crippen molar-refractivity contribution >= 4 is 20.9 Å². The van der Waals surface area contributed by atoms with Gasteiger partial charge in [0.2, 0.25) is 0 Å². The second-order valence-electron chi connectivity index (χ2n) is 4.27. The maximum atomic E-state index is 11.4. The molecule has 19 heavy (non-hydrogen) atoms. The molecule has 0 saturated carbocycles. The number of fused-ring (bicyclic) bond motifs is 1. The van der Waals surface area contributed by atoms with E-state index in [0.717, 1.165) is 16.5 Å². The van der Waals surface area contributed by atoms with Gasteiger partial charge in [-0.05, 0) is 35.4 Å². The van der Waals surface area contributed by atoms with Crippen LogP contribution in [0.3, 0.4) is 0 Å². The number of hydrogen-bond acceptors (Lipinski definition) is 3. The van der Waals surface area contributed by atoms with Gasteiger partial charge < -0.3 is 4.55 Å². The van der Waals surface area contributed by atoms with Crippen LogP contribution in [0.15, 0.2) is 35.2 Å². The van der Waals surface area contributed by atoms with Crippen LogP contribution in [0.1, 0.15) is 25.0 Å². The Morgan fingerprint density at radius 1 is 1.11 bits per heavy atom. The zero-order valence-electron chi connectivity index (χ0n) is 11.4. The van der Waals surface area contributed by atoms with Crippen molar-refractivity contribution in [2.75, 3.05) is 0 Å². The van der Waals surface area contributed by atoms with Gasteiger partial charge in [-0.25, -0.2) is 8.42 Å². The Hall–Kier alpha value is 0.246. The van der Waals surface area contributed by atoms with Crippen LogP contribution in [0.25, 0.3) is 10.8 Å². The molecule has 0 radical (unpaired) electrons. The molecule has 0 N–H and O–H groups in total. The Kier molecular flexibility index (Phi) is 6.19. The predicted molar refractivity (Wildman–Crippen MR) is 70.7 cm³/mol. The topological polar surface area (TPSA) is 57.2 Å². The van der Waals surface area contributed by atoms with Crippen molar-refractivity contribution in [3.63, 3.8) is 0 Å². The van der Waals surface area contributed by atoms with Crippen molar-refractivity contribution in [2.24, 2.45) is 0 Å². The van der Waals surface area contributed by atoms with Gasteiger partial charge in [0.05, 0.1) is 4.90 Å². The minimum Gasteiger partial charge on any atom is -0.744 e. The summed E-state index contributed by atoms with van der Waals surface area (Å²) in [6, 6.07) is 9.06. The number of hydrogen-bond donors (Lipinski definition) is 0. The third-order valence-corrected chi connectivity index (χ3v) is 4.01. The quantitative estimate of drug-likeness (QED) is 0.586. The third-order valence-electron chi connectivity index (χ3n) is 3.15. The van der Waals surface area contributed by atoms with Crippen LogP contribution in [0.2, 0.25) is 0 Å². The smallest absolute Gasteiger partial charge is 0.744 e. The molecule has 0 aromatic heterocycles. The van der Waals surface area contributed by atoms with Crippen molar-refractivity contribution in [1.29, 1.82) is 0 Å². The van der Waals surface area contributed by atoms with E-state index in [1.807, 2.05) is 38.1 Å². The summed E-state index contributed by atoms with van der Waals surface area (Å²) in [7, 11) is -4.44. The van der Waals surface area contributed by atoms with Crippen LogP contribution in [-0.4, -0.2) is 13.0 Å². The number of benzene rings is 2. The van der Waals surface area contributed by atoms with Gasteiger partial charge in [-0.3, -0.25) is 0 Å². The van der Waals surface area contributed by atoms with Gasteiger partial charge in [-0.2, -0.15) is 0 Å². The van der Waals surface area contributed by atoms with Gasteiger partial charge in [-0.15, -0.1) is 0 Å². The summed E-state index contributed by atoms with van der Waals surface area (Å²) in [4.78, 5) is -0.0886. The summed E-state index contributed by atoms with van der Waals surface area (Å²) in [6.07, 6.45) is 1.40. The molecular weight excluding hydrogens is 287 g/mol. The van der Waals surface area contributed by atoms with E-state index in [4.69, 9.17) is 0 Å². The van der Waals surface area contributed by atoms with Crippen molar-refractivity contribution in [1.82, 2.24) is 0 Å². The Morgan fingerprint density at radius 2 is 1.79 bits per heavy atom. The van der Waals surface area contributed by atoms with E-state index in [2.05, 4.69) is 0 Å². The second kappa shape index (κ2) is 6.80. The minimum atomic E-state index is -4.44. The minimum absolute atomic E-state index is 0. The van der Waals surface area contributed by atoms with Crippen LogP contribution < -0.4 is 51.4 Å². The van der Waals surface area contributed by atoms with E-state index in [1.54, 1.807) is 0 Å². The molecule has 0 saturated heterocycles. The molecule has 2 aromatic rings. The van der Waals surface area contributed by atoms with Crippen molar-refractivity contribution in [3.05, 3.63) is 41.5 Å². The fourth-order valence-corrected chi connectivity index (χ4v) is 3.01. The Bertz CT molecular complexity index is 693. The fourth-order valence-electron chi connectivity index (χ4n) is 2.22. The van der Waals surface area contributed by atoms with Gasteiger partial charge >= 0.3 is 51.4 Å². The first-order chi connectivity index (χ1) is 8.47. The molecule has 96 valence electrons. The van der Waals surface area contributed by atoms with Crippen LogP contribution in [0.4, 0.5) is 0 Å². The molecule has 5 heteroatoms. The summed E-state index contributed by atoms with van der Waals surface area (Å²) in [5.74, 6) is 0. The Labute approximate surface area is 156 Å². The van der Waals surface area contributed by atoms with Gasteiger partial charge in [0.15, 0.2) is 0 Å². The van der Waals surface area contributed by atoms with Crippen LogP contribution in [-0.2, 0) is 23.0 Å². The average molecular weight is 302 g/mol. The molecule has 0 aliphatic heterocycles. The molecule has 0 aliphatic rings. The Balaban J connectivity index is 0.00000180. The third kappa shape index (κ3) is 3.67. The standard InChI is InChI=1S/C14H16O3S.K/c1-3-10-8-12-7-5-6-11(4-2)14(12)13(9-10)18(15,16)17;/h5-9H,3-4H2,1-2H3,(H,15,16,17);/q;+1/p-1. The Morgan fingerprint density at radius 3 is 2.32 bits per heavy atom. The molecule has 2 aromatic carbocycles. The van der Waals surface area contributed by atoms with Crippen LogP contribution >= 0.6 is 0 Å². The number of aryl methyl sites for hydroxylation is 2. The first-order valence-corrected chi connectivity index (χ1v) is 7.38. The molecule has 0 heterocycles. The molecule has 0 aliphatic carbocycles. The van der Waals surface area contributed by atoms with E-state index in [0.29, 0.717) is 18.2 Å². The van der Waals surface area contributed by atoms with Gasteiger partial charge in [0.25, 0.3) is 0 Å². The molecule has 0 fully saturated rings. The summed E-state index contributed by atoms with van der Waals surface area (Å²) in [5, 5.41) is 1.40. The molecule has 3 nitrogen and oxygen atoms in total. The summed E-state index contributed by atoms with van der Waals surface area (Å²) in [6.45, 7) is 3.88. The summed E-state index contributed by atoms with van der Waals surface area (Å²) in [5.41, 5.74) is 1.76. The molecule has 0 amide bonds. The molecule has 0 unspecified atom stereocenters. The van der Waals surface area contributed by atoms with E-state index < -0.39 is 10.1 Å². The molecule has 0 atom stereocenters. The second-order valence-corrected chi connectivity index (χ2v) is 5.62. The van der Waals surface area contributed by atoms with Crippen molar-refractivity contribution < 1.29 is 64.4 Å².